The van der Waals surface area contributed by atoms with Gasteiger partial charge in [-0.05, 0) is 108 Å². The molecule has 0 radical (unpaired) electrons. The first-order valence-electron chi connectivity index (χ1n) is 20.9. The number of rotatable bonds is 6. The van der Waals surface area contributed by atoms with Gasteiger partial charge in [0, 0.05) is 77.8 Å². The largest absolute Gasteiger partial charge is 0.311 e. The highest BCUT2D eigenvalue weighted by Gasteiger charge is 2.21. The van der Waals surface area contributed by atoms with Crippen LogP contribution in [0.15, 0.2) is 213 Å². The normalized spacial score (nSPS) is 11.9. The molecule has 0 aliphatic rings. The summed E-state index contributed by atoms with van der Waals surface area (Å²) in [6.45, 7) is 0. The van der Waals surface area contributed by atoms with Crippen molar-refractivity contribution in [2.75, 3.05) is 4.90 Å². The molecule has 0 unspecified atom stereocenters. The summed E-state index contributed by atoms with van der Waals surface area (Å²) in [4.78, 5) is 11.9. The van der Waals surface area contributed by atoms with Gasteiger partial charge < -0.3 is 14.0 Å². The number of benzene rings is 9. The fourth-order valence-corrected chi connectivity index (χ4v) is 10.9. The van der Waals surface area contributed by atoms with Gasteiger partial charge in [0.15, 0.2) is 0 Å². The van der Waals surface area contributed by atoms with E-state index in [2.05, 4.69) is 219 Å². The molecule has 0 aliphatic heterocycles. The summed E-state index contributed by atoms with van der Waals surface area (Å²) in [6.07, 6.45) is 3.57. The van der Waals surface area contributed by atoms with E-state index in [-0.39, 0.29) is 0 Å². The molecule has 6 heteroatoms. The Labute approximate surface area is 360 Å². The van der Waals surface area contributed by atoms with Crippen LogP contribution in [0.4, 0.5) is 17.1 Å². The van der Waals surface area contributed by atoms with Gasteiger partial charge in [0.05, 0.1) is 37.8 Å². The fraction of sp³-hybridized carbons (Fsp3) is 0. The van der Waals surface area contributed by atoms with Gasteiger partial charge in [0.25, 0.3) is 0 Å². The summed E-state index contributed by atoms with van der Waals surface area (Å²) in [6, 6.07) is 72.4. The van der Waals surface area contributed by atoms with E-state index in [1.54, 1.807) is 12.4 Å². The van der Waals surface area contributed by atoms with E-state index in [0.29, 0.717) is 0 Å². The Balaban J connectivity index is 0.927. The van der Waals surface area contributed by atoms with Crippen LogP contribution < -0.4 is 4.90 Å². The molecule has 0 saturated heterocycles. The quantitative estimate of drug-likeness (QED) is 0.168. The topological polar surface area (TPSA) is 38.9 Å². The maximum Gasteiger partial charge on any atom is 0.0986 e. The number of nitrogens with zero attached hydrogens (tertiary/aromatic N) is 5. The van der Waals surface area contributed by atoms with Gasteiger partial charge in [0.2, 0.25) is 0 Å². The summed E-state index contributed by atoms with van der Waals surface area (Å²) in [5, 5.41) is 7.36. The molecule has 290 valence electrons. The molecule has 62 heavy (non-hydrogen) atoms. The Kier molecular flexibility index (Phi) is 7.71. The molecule has 5 nitrogen and oxygen atoms in total. The summed E-state index contributed by atoms with van der Waals surface area (Å²) in [7, 11) is 0. The molecule has 0 saturated carbocycles. The first kappa shape index (κ1) is 34.8. The minimum atomic E-state index is 0.895. The van der Waals surface area contributed by atoms with E-state index in [4.69, 9.17) is 4.98 Å². The molecule has 0 aliphatic carbocycles. The predicted molar refractivity (Wildman–Crippen MR) is 261 cm³/mol. The summed E-state index contributed by atoms with van der Waals surface area (Å²) >= 11 is 1.86. The minimum absolute atomic E-state index is 0.895. The zero-order valence-electron chi connectivity index (χ0n) is 33.4. The lowest BCUT2D eigenvalue weighted by molar-refractivity contribution is 1.18. The Hall–Kier alpha value is -8.06. The van der Waals surface area contributed by atoms with Crippen LogP contribution in [0, 0.1) is 0 Å². The summed E-state index contributed by atoms with van der Waals surface area (Å²) in [5.41, 5.74) is 14.4. The van der Waals surface area contributed by atoms with E-state index in [9.17, 15) is 0 Å². The molecule has 0 atom stereocenters. The van der Waals surface area contributed by atoms with Crippen LogP contribution in [-0.4, -0.2) is 19.1 Å². The van der Waals surface area contributed by atoms with Gasteiger partial charge >= 0.3 is 0 Å². The van der Waals surface area contributed by atoms with Crippen LogP contribution in [0.5, 0.6) is 0 Å². The van der Waals surface area contributed by atoms with Crippen LogP contribution in [0.25, 0.3) is 97.3 Å². The van der Waals surface area contributed by atoms with Crippen molar-refractivity contribution < 1.29 is 0 Å². The van der Waals surface area contributed by atoms with Gasteiger partial charge in [-0.2, -0.15) is 0 Å². The number of para-hydroxylation sites is 3. The third-order valence-corrected chi connectivity index (χ3v) is 13.6. The van der Waals surface area contributed by atoms with Gasteiger partial charge in [-0.15, -0.1) is 11.3 Å². The van der Waals surface area contributed by atoms with Crippen molar-refractivity contribution in [3.8, 4) is 22.5 Å². The lowest BCUT2D eigenvalue weighted by Gasteiger charge is -2.26. The summed E-state index contributed by atoms with van der Waals surface area (Å²) in [5.74, 6) is 0. The van der Waals surface area contributed by atoms with Crippen molar-refractivity contribution in [2.45, 2.75) is 0 Å². The minimum Gasteiger partial charge on any atom is -0.311 e. The van der Waals surface area contributed by atoms with Crippen LogP contribution in [-0.2, 0) is 0 Å². The second-order valence-electron chi connectivity index (χ2n) is 15.8. The zero-order valence-corrected chi connectivity index (χ0v) is 34.2. The fourth-order valence-electron chi connectivity index (χ4n) is 9.65. The Morgan fingerprint density at radius 2 is 1.02 bits per heavy atom. The highest BCUT2D eigenvalue weighted by atomic mass is 32.1. The molecule has 0 N–H and O–H groups in total. The molecule has 0 amide bonds. The Morgan fingerprint density at radius 1 is 0.403 bits per heavy atom. The predicted octanol–water partition coefficient (Wildman–Crippen LogP) is 15.3. The lowest BCUT2D eigenvalue weighted by atomic mass is 10.0. The van der Waals surface area contributed by atoms with E-state index in [0.717, 1.165) is 50.4 Å². The maximum atomic E-state index is 4.88. The van der Waals surface area contributed by atoms with Crippen molar-refractivity contribution >= 4 is 103 Å². The third kappa shape index (κ3) is 5.27. The molecule has 13 rings (SSSR count). The standard InChI is InChI=1S/C56H35N5S/c1-3-11-38(12-4-1)59(40-22-19-36(20-23-40)37-21-31-50-47(35-37)43-15-7-9-17-49(43)60(50)39-13-5-2-6-14-39)41-24-26-42(27-25-41)61-51-32-30-48-54(58-34-33-57-48)53(51)46-29-28-45-44-16-8-10-18-52(44)62-56(45)55(46)61/h1-35H. The van der Waals surface area contributed by atoms with Gasteiger partial charge in [-0.3, -0.25) is 9.97 Å². The number of hydrogen-bond donors (Lipinski definition) is 0. The van der Waals surface area contributed by atoms with Crippen molar-refractivity contribution in [3.05, 3.63) is 213 Å². The van der Waals surface area contributed by atoms with E-state index in [1.165, 1.54) is 64.0 Å². The lowest BCUT2D eigenvalue weighted by Crippen LogP contribution is -2.10. The highest BCUT2D eigenvalue weighted by molar-refractivity contribution is 7.26. The van der Waals surface area contributed by atoms with Crippen LogP contribution in [0.1, 0.15) is 0 Å². The molecule has 0 fully saturated rings. The monoisotopic (exact) mass is 809 g/mol. The highest BCUT2D eigenvalue weighted by Crippen LogP contribution is 2.45. The van der Waals surface area contributed by atoms with Crippen molar-refractivity contribution in [1.29, 1.82) is 0 Å². The number of aromatic nitrogens is 4. The van der Waals surface area contributed by atoms with Gasteiger partial charge in [-0.25, -0.2) is 0 Å². The molecule has 4 aromatic heterocycles. The number of thiophene rings is 1. The molecule has 4 heterocycles. The zero-order chi connectivity index (χ0) is 40.7. The van der Waals surface area contributed by atoms with Crippen LogP contribution >= 0.6 is 11.3 Å². The molecule has 13 aromatic rings. The van der Waals surface area contributed by atoms with Gasteiger partial charge in [0.1, 0.15) is 0 Å². The number of anilines is 3. The molecule has 9 aromatic carbocycles. The van der Waals surface area contributed by atoms with E-state index >= 15 is 0 Å². The number of hydrogen-bond acceptors (Lipinski definition) is 4. The first-order valence-corrected chi connectivity index (χ1v) is 21.7. The molecule has 0 bridgehead atoms. The van der Waals surface area contributed by atoms with Crippen LogP contribution in [0.2, 0.25) is 0 Å². The number of fused-ring (bicyclic) bond motifs is 12. The maximum absolute atomic E-state index is 4.88. The van der Waals surface area contributed by atoms with Crippen molar-refractivity contribution in [2.24, 2.45) is 0 Å². The van der Waals surface area contributed by atoms with Crippen LogP contribution in [0.3, 0.4) is 0 Å². The Bertz CT molecular complexity index is 3850. The average Bonchev–Trinajstić information content (AvgIpc) is 4.01. The van der Waals surface area contributed by atoms with E-state index in [1.807, 2.05) is 11.3 Å². The summed E-state index contributed by atoms with van der Waals surface area (Å²) < 4.78 is 7.35. The average molecular weight is 810 g/mol. The first-order chi connectivity index (χ1) is 30.8. The second kappa shape index (κ2) is 13.7. The third-order valence-electron chi connectivity index (χ3n) is 12.4. The molecule has 0 spiro atoms. The molecular formula is C56H35N5S. The smallest absolute Gasteiger partial charge is 0.0986 e. The van der Waals surface area contributed by atoms with E-state index < -0.39 is 0 Å². The van der Waals surface area contributed by atoms with Crippen molar-refractivity contribution in [3.63, 3.8) is 0 Å². The van der Waals surface area contributed by atoms with Crippen molar-refractivity contribution in [1.82, 2.24) is 19.1 Å². The van der Waals surface area contributed by atoms with Gasteiger partial charge in [-0.1, -0.05) is 103 Å². The Morgan fingerprint density at radius 3 is 1.84 bits per heavy atom. The SMILES string of the molecule is c1ccc(N(c2ccc(-c3ccc4c(c3)c3ccccc3n4-c3ccccc3)cc2)c2ccc(-n3c4ccc5nccnc5c4c4ccc5c6ccccc6sc5c43)cc2)cc1. The molecular weight excluding hydrogens is 775 g/mol. The second-order valence-corrected chi connectivity index (χ2v) is 16.9.